The van der Waals surface area contributed by atoms with E-state index in [1.165, 1.54) is 5.56 Å². The van der Waals surface area contributed by atoms with Crippen molar-refractivity contribution in [2.75, 3.05) is 0 Å². The van der Waals surface area contributed by atoms with Crippen LogP contribution in [-0.2, 0) is 4.74 Å². The van der Waals surface area contributed by atoms with Crippen LogP contribution in [0.5, 0.6) is 0 Å². The lowest BCUT2D eigenvalue weighted by atomic mass is 10.1. The Kier molecular flexibility index (Phi) is 2.29. The Bertz CT molecular complexity index is 415. The molecular weight excluding hydrogens is 196 g/mol. The first kappa shape index (κ1) is 9.27. The average molecular weight is 206 g/mol. The SMILES string of the molecule is Cc1ccc(C2N=NC(=S)O2)c(C)c1. The van der Waals surface area contributed by atoms with Gasteiger partial charge in [-0.15, -0.1) is 10.2 Å². The summed E-state index contributed by atoms with van der Waals surface area (Å²) in [6.07, 6.45) is -0.344. The third-order valence-corrected chi connectivity index (χ3v) is 2.33. The highest BCUT2D eigenvalue weighted by Gasteiger charge is 2.20. The first-order valence-electron chi connectivity index (χ1n) is 4.35. The van der Waals surface area contributed by atoms with E-state index in [2.05, 4.69) is 23.2 Å². The summed E-state index contributed by atoms with van der Waals surface area (Å²) in [6.45, 7) is 4.08. The van der Waals surface area contributed by atoms with Gasteiger partial charge in [-0.25, -0.2) is 0 Å². The van der Waals surface area contributed by atoms with Crippen molar-refractivity contribution in [1.82, 2.24) is 0 Å². The molecule has 0 bridgehead atoms. The predicted octanol–water partition coefficient (Wildman–Crippen LogP) is 3.07. The zero-order valence-corrected chi connectivity index (χ0v) is 8.84. The van der Waals surface area contributed by atoms with E-state index in [4.69, 9.17) is 17.0 Å². The van der Waals surface area contributed by atoms with Gasteiger partial charge in [-0.1, -0.05) is 23.8 Å². The number of azo groups is 1. The van der Waals surface area contributed by atoms with Crippen molar-refractivity contribution in [1.29, 1.82) is 0 Å². The van der Waals surface area contributed by atoms with E-state index in [0.717, 1.165) is 11.1 Å². The number of thiocarbonyl (C=S) groups is 1. The van der Waals surface area contributed by atoms with Gasteiger partial charge in [0.25, 0.3) is 0 Å². The minimum atomic E-state index is -0.344. The van der Waals surface area contributed by atoms with E-state index in [1.54, 1.807) is 0 Å². The lowest BCUT2D eigenvalue weighted by Crippen LogP contribution is -2.00. The molecule has 0 radical (unpaired) electrons. The molecule has 0 aliphatic carbocycles. The van der Waals surface area contributed by atoms with Crippen LogP contribution in [0.25, 0.3) is 0 Å². The monoisotopic (exact) mass is 206 g/mol. The molecule has 0 aromatic heterocycles. The summed E-state index contributed by atoms with van der Waals surface area (Å²) < 4.78 is 5.27. The topological polar surface area (TPSA) is 34.0 Å². The Balaban J connectivity index is 2.33. The van der Waals surface area contributed by atoms with E-state index in [-0.39, 0.29) is 11.4 Å². The number of ether oxygens (including phenoxy) is 1. The van der Waals surface area contributed by atoms with Crippen LogP contribution in [0.1, 0.15) is 22.9 Å². The van der Waals surface area contributed by atoms with Crippen molar-refractivity contribution in [2.45, 2.75) is 20.1 Å². The summed E-state index contributed by atoms with van der Waals surface area (Å²) >= 11 is 4.78. The summed E-state index contributed by atoms with van der Waals surface area (Å²) in [5.41, 5.74) is 3.40. The molecule has 0 N–H and O–H groups in total. The van der Waals surface area contributed by atoms with E-state index < -0.39 is 0 Å². The fraction of sp³-hybridized carbons (Fsp3) is 0.300. The van der Waals surface area contributed by atoms with E-state index in [0.29, 0.717) is 0 Å². The maximum Gasteiger partial charge on any atom is 0.304 e. The molecule has 0 saturated carbocycles. The maximum absolute atomic E-state index is 5.27. The lowest BCUT2D eigenvalue weighted by molar-refractivity contribution is 0.226. The Hall–Kier alpha value is -1.29. The number of rotatable bonds is 1. The molecule has 1 heterocycles. The summed E-state index contributed by atoms with van der Waals surface area (Å²) in [6, 6.07) is 6.13. The molecule has 3 nitrogen and oxygen atoms in total. The number of hydrogen-bond acceptors (Lipinski definition) is 3. The largest absolute Gasteiger partial charge is 0.436 e. The molecule has 2 rings (SSSR count). The molecular formula is C10H10N2OS. The Morgan fingerprint density at radius 3 is 2.71 bits per heavy atom. The first-order valence-corrected chi connectivity index (χ1v) is 4.76. The third kappa shape index (κ3) is 1.65. The van der Waals surface area contributed by atoms with Gasteiger partial charge in [0, 0.05) is 5.56 Å². The quantitative estimate of drug-likeness (QED) is 0.662. The van der Waals surface area contributed by atoms with Crippen LogP contribution in [0.15, 0.2) is 28.4 Å². The van der Waals surface area contributed by atoms with Crippen molar-refractivity contribution >= 4 is 17.4 Å². The molecule has 1 atom stereocenters. The molecule has 0 fully saturated rings. The summed E-state index contributed by atoms with van der Waals surface area (Å²) in [7, 11) is 0. The molecule has 72 valence electrons. The molecule has 1 aromatic carbocycles. The van der Waals surface area contributed by atoms with Gasteiger partial charge < -0.3 is 4.74 Å². The normalized spacial score (nSPS) is 19.9. The molecule has 1 aromatic rings. The zero-order chi connectivity index (χ0) is 10.1. The average Bonchev–Trinajstić information content (AvgIpc) is 2.51. The van der Waals surface area contributed by atoms with Crippen molar-refractivity contribution in [2.24, 2.45) is 10.2 Å². The Morgan fingerprint density at radius 1 is 1.36 bits per heavy atom. The standard InChI is InChI=1S/C10H10N2OS/c1-6-3-4-8(7(2)5-6)9-11-12-10(14)13-9/h3-5,9H,1-2H3. The molecule has 1 unspecified atom stereocenters. The predicted molar refractivity (Wildman–Crippen MR) is 57.2 cm³/mol. The fourth-order valence-corrected chi connectivity index (χ4v) is 1.61. The third-order valence-electron chi connectivity index (χ3n) is 2.15. The van der Waals surface area contributed by atoms with Gasteiger partial charge in [0.2, 0.25) is 6.23 Å². The molecule has 1 aliphatic heterocycles. The van der Waals surface area contributed by atoms with Gasteiger partial charge >= 0.3 is 5.17 Å². The van der Waals surface area contributed by atoms with Crippen molar-refractivity contribution in [3.63, 3.8) is 0 Å². The van der Waals surface area contributed by atoms with Crippen LogP contribution in [0.4, 0.5) is 0 Å². The Labute approximate surface area is 87.8 Å². The minimum Gasteiger partial charge on any atom is -0.436 e. The van der Waals surface area contributed by atoms with Crippen LogP contribution in [0, 0.1) is 13.8 Å². The maximum atomic E-state index is 5.27. The molecule has 1 aliphatic rings. The van der Waals surface area contributed by atoms with E-state index in [9.17, 15) is 0 Å². The molecule has 0 amide bonds. The van der Waals surface area contributed by atoms with Crippen molar-refractivity contribution in [3.05, 3.63) is 34.9 Å². The molecule has 4 heteroatoms. The number of aryl methyl sites for hydroxylation is 2. The highest BCUT2D eigenvalue weighted by atomic mass is 32.1. The second-order valence-electron chi connectivity index (χ2n) is 3.31. The van der Waals surface area contributed by atoms with Gasteiger partial charge in [-0.2, -0.15) is 0 Å². The van der Waals surface area contributed by atoms with Gasteiger partial charge in [0.05, 0.1) is 0 Å². The van der Waals surface area contributed by atoms with Crippen molar-refractivity contribution < 1.29 is 4.74 Å². The highest BCUT2D eigenvalue weighted by Crippen LogP contribution is 2.27. The first-order chi connectivity index (χ1) is 6.66. The van der Waals surface area contributed by atoms with Crippen LogP contribution >= 0.6 is 12.2 Å². The smallest absolute Gasteiger partial charge is 0.304 e. The van der Waals surface area contributed by atoms with Crippen LogP contribution < -0.4 is 0 Å². The molecule has 14 heavy (non-hydrogen) atoms. The summed E-state index contributed by atoms with van der Waals surface area (Å²) in [5, 5.41) is 7.85. The lowest BCUT2D eigenvalue weighted by Gasteiger charge is -2.10. The number of nitrogens with zero attached hydrogens (tertiary/aromatic N) is 2. The van der Waals surface area contributed by atoms with Crippen LogP contribution in [0.3, 0.4) is 0 Å². The summed E-state index contributed by atoms with van der Waals surface area (Å²) in [5.74, 6) is 0. The van der Waals surface area contributed by atoms with Crippen LogP contribution in [0.2, 0.25) is 0 Å². The van der Waals surface area contributed by atoms with Gasteiger partial charge in [0.1, 0.15) is 0 Å². The second-order valence-corrected chi connectivity index (χ2v) is 3.66. The van der Waals surface area contributed by atoms with Gasteiger partial charge in [-0.3, -0.25) is 0 Å². The minimum absolute atomic E-state index is 0.218. The van der Waals surface area contributed by atoms with E-state index >= 15 is 0 Å². The highest BCUT2D eigenvalue weighted by molar-refractivity contribution is 7.80. The Morgan fingerprint density at radius 2 is 2.14 bits per heavy atom. The van der Waals surface area contributed by atoms with Crippen LogP contribution in [-0.4, -0.2) is 5.17 Å². The van der Waals surface area contributed by atoms with Crippen molar-refractivity contribution in [3.8, 4) is 0 Å². The number of hydrogen-bond donors (Lipinski definition) is 0. The zero-order valence-electron chi connectivity index (χ0n) is 8.02. The van der Waals surface area contributed by atoms with Gasteiger partial charge in [-0.05, 0) is 31.6 Å². The molecule has 0 saturated heterocycles. The number of benzene rings is 1. The fourth-order valence-electron chi connectivity index (χ4n) is 1.47. The van der Waals surface area contributed by atoms with Gasteiger partial charge in [0.15, 0.2) is 0 Å². The second kappa shape index (κ2) is 3.46. The summed E-state index contributed by atoms with van der Waals surface area (Å²) in [4.78, 5) is 0. The molecule has 0 spiro atoms. The van der Waals surface area contributed by atoms with E-state index in [1.807, 2.05) is 19.1 Å².